The topological polar surface area (TPSA) is 54.4 Å². The molecule has 0 fully saturated rings. The molecule has 0 saturated heterocycles. The molecule has 0 aliphatic rings. The van der Waals surface area contributed by atoms with Gasteiger partial charge in [-0.3, -0.25) is 4.55 Å². The molecule has 0 aromatic rings. The Hall–Kier alpha value is 0.966. The zero-order chi connectivity index (χ0) is 5.21. The van der Waals surface area contributed by atoms with Crippen molar-refractivity contribution < 1.29 is 15.8 Å². The maximum Gasteiger partial charge on any atom is 2.00 e. The van der Waals surface area contributed by atoms with Gasteiger partial charge in [0.2, 0.25) is 0 Å². The van der Waals surface area contributed by atoms with Crippen molar-refractivity contribution in [1.29, 1.82) is 0 Å². The summed E-state index contributed by atoms with van der Waals surface area (Å²) in [6, 6.07) is 0. The quantitative estimate of drug-likeness (QED) is 0.453. The van der Waals surface area contributed by atoms with E-state index in [0.29, 0.717) is 0 Å². The van der Waals surface area contributed by atoms with Crippen LogP contribution in [0.2, 0.25) is 0 Å². The van der Waals surface area contributed by atoms with Crippen LogP contribution in [-0.2, 0) is 10.1 Å². The third-order valence-corrected chi connectivity index (χ3v) is 1.09. The second kappa shape index (κ2) is 6.09. The van der Waals surface area contributed by atoms with Gasteiger partial charge in [0.05, 0.1) is 5.75 Å². The summed E-state index contributed by atoms with van der Waals surface area (Å²) in [5.74, 6) is -0.201. The molecule has 0 aromatic heterocycles. The minimum Gasteiger partial charge on any atom is -1.00 e. The third kappa shape index (κ3) is 15.8. The van der Waals surface area contributed by atoms with E-state index in [1.807, 2.05) is 0 Å². The first-order chi connectivity index (χ1) is 2.56. The molecule has 6 heteroatoms. The van der Waals surface area contributed by atoms with Crippen molar-refractivity contribution in [1.82, 2.24) is 0 Å². The van der Waals surface area contributed by atoms with Gasteiger partial charge in [-0.15, -0.1) is 12.4 Å². The van der Waals surface area contributed by atoms with E-state index in [1.54, 1.807) is 0 Å². The van der Waals surface area contributed by atoms with Crippen LogP contribution in [0.1, 0.15) is 9.78 Å². The maximum atomic E-state index is 9.56. The SMILES string of the molecule is CCS(=O)(=O)O.Cl.[H-].[H-].[Mg+2]. The predicted molar refractivity (Wildman–Crippen MR) is 37.3 cm³/mol. The molecule has 0 amide bonds. The summed E-state index contributed by atoms with van der Waals surface area (Å²) in [4.78, 5) is 0. The van der Waals surface area contributed by atoms with Gasteiger partial charge in [-0.2, -0.15) is 8.42 Å². The van der Waals surface area contributed by atoms with Crippen LogP contribution in [0.25, 0.3) is 0 Å². The summed E-state index contributed by atoms with van der Waals surface area (Å²) in [6.07, 6.45) is 0. The van der Waals surface area contributed by atoms with E-state index in [0.717, 1.165) is 0 Å². The monoisotopic (exact) mass is 172 g/mol. The van der Waals surface area contributed by atoms with E-state index < -0.39 is 10.1 Å². The van der Waals surface area contributed by atoms with Gasteiger partial charge in [-0.05, 0) is 6.92 Å². The standard InChI is InChI=1S/C2H6O3S.ClH.Mg.2H/c1-2-6(3,4)5;;;;/h2H2,1H3,(H,3,4,5);1H;;;/q;;+2;2*-1. The Labute approximate surface area is 74.1 Å². The smallest absolute Gasteiger partial charge is 1.00 e. The fourth-order valence-electron chi connectivity index (χ4n) is 0. The zero-order valence-electron chi connectivity index (χ0n) is 6.49. The fraction of sp³-hybridized carbons (Fsp3) is 1.00. The molecule has 0 heterocycles. The molecule has 50 valence electrons. The van der Waals surface area contributed by atoms with E-state index in [1.165, 1.54) is 6.92 Å². The van der Waals surface area contributed by atoms with Gasteiger partial charge in [0, 0.05) is 0 Å². The van der Waals surface area contributed by atoms with Gasteiger partial charge >= 0.3 is 23.1 Å². The molecule has 8 heavy (non-hydrogen) atoms. The van der Waals surface area contributed by atoms with E-state index in [9.17, 15) is 8.42 Å². The van der Waals surface area contributed by atoms with Crippen molar-refractivity contribution in [2.45, 2.75) is 6.92 Å². The van der Waals surface area contributed by atoms with Crippen molar-refractivity contribution in [3.05, 3.63) is 0 Å². The number of rotatable bonds is 1. The molecule has 0 aromatic carbocycles. The van der Waals surface area contributed by atoms with E-state index in [4.69, 9.17) is 4.55 Å². The van der Waals surface area contributed by atoms with Crippen molar-refractivity contribution in [2.75, 3.05) is 5.75 Å². The number of halogens is 1. The van der Waals surface area contributed by atoms with Gasteiger partial charge in [0.25, 0.3) is 10.1 Å². The summed E-state index contributed by atoms with van der Waals surface area (Å²) in [5, 5.41) is 0. The summed E-state index contributed by atoms with van der Waals surface area (Å²) in [5.41, 5.74) is 0. The van der Waals surface area contributed by atoms with Crippen LogP contribution in [0.4, 0.5) is 0 Å². The Morgan fingerprint density at radius 3 is 1.75 bits per heavy atom. The molecular weight excluding hydrogens is 164 g/mol. The molecule has 0 spiro atoms. The molecule has 3 nitrogen and oxygen atoms in total. The molecule has 0 radical (unpaired) electrons. The maximum absolute atomic E-state index is 9.56. The number of hydrogen-bond acceptors (Lipinski definition) is 2. The minimum atomic E-state index is -3.66. The summed E-state index contributed by atoms with van der Waals surface area (Å²) in [6.45, 7) is 1.37. The Kier molecular flexibility index (Phi) is 12.2. The molecule has 0 bridgehead atoms. The molecule has 0 unspecified atom stereocenters. The predicted octanol–water partition coefficient (Wildman–Crippen LogP) is 0.160. The van der Waals surface area contributed by atoms with Crippen molar-refractivity contribution in [2.24, 2.45) is 0 Å². The van der Waals surface area contributed by atoms with Crippen molar-refractivity contribution >= 4 is 45.6 Å². The average Bonchev–Trinajstić information content (AvgIpc) is 1.35. The normalized spacial score (nSPS) is 8.75. The molecule has 0 rings (SSSR count). The van der Waals surface area contributed by atoms with Gasteiger partial charge in [0.15, 0.2) is 0 Å². The van der Waals surface area contributed by atoms with Crippen LogP contribution < -0.4 is 0 Å². The zero-order valence-corrected chi connectivity index (χ0v) is 7.54. The molecule has 0 aliphatic heterocycles. The second-order valence-corrected chi connectivity index (χ2v) is 2.61. The Balaban J connectivity index is -0.0000000208. The van der Waals surface area contributed by atoms with Gasteiger partial charge in [0.1, 0.15) is 0 Å². The van der Waals surface area contributed by atoms with E-state index >= 15 is 0 Å². The van der Waals surface area contributed by atoms with Gasteiger partial charge < -0.3 is 2.85 Å². The van der Waals surface area contributed by atoms with Crippen LogP contribution in [0, 0.1) is 0 Å². The van der Waals surface area contributed by atoms with Crippen LogP contribution in [0.15, 0.2) is 0 Å². The molecule has 0 aliphatic carbocycles. The average molecular weight is 173 g/mol. The van der Waals surface area contributed by atoms with Crippen LogP contribution in [0.5, 0.6) is 0 Å². The summed E-state index contributed by atoms with van der Waals surface area (Å²) >= 11 is 0. The molecule has 0 saturated carbocycles. The molecular formula is C2H9ClMgO3S. The Morgan fingerprint density at radius 1 is 1.62 bits per heavy atom. The second-order valence-electron chi connectivity index (χ2n) is 0.871. The minimum absolute atomic E-state index is 0. The first-order valence-corrected chi connectivity index (χ1v) is 3.12. The van der Waals surface area contributed by atoms with E-state index in [-0.39, 0.29) is 44.1 Å². The third-order valence-electron chi connectivity index (χ3n) is 0.365. The first kappa shape index (κ1) is 16.0. The van der Waals surface area contributed by atoms with Crippen molar-refractivity contribution in [3.8, 4) is 0 Å². The van der Waals surface area contributed by atoms with Crippen LogP contribution in [-0.4, -0.2) is 41.8 Å². The van der Waals surface area contributed by atoms with E-state index in [2.05, 4.69) is 0 Å². The summed E-state index contributed by atoms with van der Waals surface area (Å²) in [7, 11) is -3.66. The molecule has 1 N–H and O–H groups in total. The van der Waals surface area contributed by atoms with Crippen LogP contribution >= 0.6 is 12.4 Å². The largest absolute Gasteiger partial charge is 2.00 e. The summed E-state index contributed by atoms with van der Waals surface area (Å²) < 4.78 is 26.9. The Morgan fingerprint density at radius 2 is 1.75 bits per heavy atom. The number of hydrogen-bond donors (Lipinski definition) is 1. The van der Waals surface area contributed by atoms with Gasteiger partial charge in [-0.25, -0.2) is 0 Å². The van der Waals surface area contributed by atoms with Crippen molar-refractivity contribution in [3.63, 3.8) is 0 Å². The van der Waals surface area contributed by atoms with Gasteiger partial charge in [-0.1, -0.05) is 0 Å². The molecule has 0 atom stereocenters. The Bertz CT molecular complexity index is 126. The fourth-order valence-corrected chi connectivity index (χ4v) is 0. The first-order valence-electron chi connectivity index (χ1n) is 1.51. The van der Waals surface area contributed by atoms with Crippen LogP contribution in [0.3, 0.4) is 0 Å².